The summed E-state index contributed by atoms with van der Waals surface area (Å²) in [6.45, 7) is 1.08. The van der Waals surface area contributed by atoms with Crippen molar-refractivity contribution in [2.75, 3.05) is 0 Å². The van der Waals surface area contributed by atoms with Crippen LogP contribution in [0.2, 0.25) is 19.8 Å². The van der Waals surface area contributed by atoms with Crippen LogP contribution in [-0.4, -0.2) is 29.5 Å². The molecule has 0 aliphatic rings. The Morgan fingerprint density at radius 2 is 1.22 bits per heavy atom. The van der Waals surface area contributed by atoms with Crippen molar-refractivity contribution in [1.29, 1.82) is 0 Å². The van der Waals surface area contributed by atoms with Gasteiger partial charge in [0, 0.05) is 6.92 Å². The van der Waals surface area contributed by atoms with Gasteiger partial charge >= 0.3 is 38.1 Å². The van der Waals surface area contributed by atoms with E-state index in [1.54, 1.807) is 0 Å². The van der Waals surface area contributed by atoms with Gasteiger partial charge in [-0.15, -0.1) is 0 Å². The predicted molar refractivity (Wildman–Crippen MR) is 42.5 cm³/mol. The van der Waals surface area contributed by atoms with E-state index in [-0.39, 0.29) is 0 Å². The van der Waals surface area contributed by atoms with Crippen molar-refractivity contribution in [2.24, 2.45) is 0 Å². The van der Waals surface area contributed by atoms with E-state index in [1.807, 2.05) is 0 Å². The quantitative estimate of drug-likeness (QED) is 0.656. The molecule has 0 heterocycles. The summed E-state index contributed by atoms with van der Waals surface area (Å²) >= 11 is -1.18. The van der Waals surface area contributed by atoms with Crippen LogP contribution >= 0.6 is 0 Å². The van der Waals surface area contributed by atoms with Crippen LogP contribution in [0.1, 0.15) is 6.92 Å². The molecule has 0 rings (SSSR count). The van der Waals surface area contributed by atoms with Gasteiger partial charge in [-0.05, 0) is 0 Å². The molecule has 0 aromatic heterocycles. The number of carbonyl (C=O) groups is 1. The van der Waals surface area contributed by atoms with Gasteiger partial charge in [-0.25, -0.2) is 0 Å². The van der Waals surface area contributed by atoms with E-state index in [0.717, 1.165) is 6.92 Å². The molecule has 0 aliphatic carbocycles. The Morgan fingerprint density at radius 3 is 1.22 bits per heavy atom. The monoisotopic (exact) mass is 240 g/mol. The maximum atomic E-state index is 9.00. The summed E-state index contributed by atoms with van der Waals surface area (Å²) in [5, 5.41) is 7.42. The molecule has 0 saturated heterocycles. The molecule has 0 aromatic rings. The summed E-state index contributed by atoms with van der Waals surface area (Å²) in [6, 6.07) is 0. The van der Waals surface area contributed by atoms with Crippen molar-refractivity contribution in [3.63, 3.8) is 0 Å². The molecule has 0 bridgehead atoms. The number of aliphatic carboxylic acids is 1. The van der Waals surface area contributed by atoms with Crippen molar-refractivity contribution in [2.45, 2.75) is 26.7 Å². The van der Waals surface area contributed by atoms with Gasteiger partial charge in [0.2, 0.25) is 0 Å². The number of rotatable bonds is 0. The fourth-order valence-electron chi connectivity index (χ4n) is 0. The SMILES string of the molecule is CC(=O)O.[CH3][Sn]([CH3])([CH3])[CH3]. The van der Waals surface area contributed by atoms with Crippen LogP contribution in [0.5, 0.6) is 0 Å². The van der Waals surface area contributed by atoms with E-state index in [2.05, 4.69) is 19.8 Å². The molecule has 0 fully saturated rings. The normalized spacial score (nSPS) is 9.44. The van der Waals surface area contributed by atoms with E-state index in [4.69, 9.17) is 9.90 Å². The molecule has 3 heteroatoms. The molecule has 0 aliphatic heterocycles. The summed E-state index contributed by atoms with van der Waals surface area (Å²) in [7, 11) is 0. The average molecular weight is 239 g/mol. The Kier molecular flexibility index (Phi) is 6.78. The fraction of sp³-hybridized carbons (Fsp3) is 0.833. The van der Waals surface area contributed by atoms with Gasteiger partial charge in [-0.1, -0.05) is 0 Å². The molecule has 1 N–H and O–H groups in total. The van der Waals surface area contributed by atoms with E-state index < -0.39 is 24.3 Å². The Balaban J connectivity index is 0. The summed E-state index contributed by atoms with van der Waals surface area (Å²) in [6.07, 6.45) is 0. The predicted octanol–water partition coefficient (Wildman–Crippen LogP) is 2.05. The van der Waals surface area contributed by atoms with Crippen LogP contribution in [0.3, 0.4) is 0 Å². The summed E-state index contributed by atoms with van der Waals surface area (Å²) in [5.41, 5.74) is 0. The number of hydrogen-bond acceptors (Lipinski definition) is 1. The van der Waals surface area contributed by atoms with Crippen molar-refractivity contribution in [3.05, 3.63) is 0 Å². The van der Waals surface area contributed by atoms with Crippen molar-refractivity contribution in [1.82, 2.24) is 0 Å². The first-order valence-corrected chi connectivity index (χ1v) is 14.3. The standard InChI is InChI=1S/C2H4O2.4CH3.Sn/c1-2(3)4;;;;;/h1H3,(H,3,4);4*1H3;. The van der Waals surface area contributed by atoms with Gasteiger partial charge in [0.25, 0.3) is 5.97 Å². The second-order valence-electron chi connectivity index (χ2n) is 3.52. The summed E-state index contributed by atoms with van der Waals surface area (Å²) < 4.78 is 0. The van der Waals surface area contributed by atoms with Crippen LogP contribution in [0.4, 0.5) is 0 Å². The van der Waals surface area contributed by atoms with E-state index in [9.17, 15) is 0 Å². The summed E-state index contributed by atoms with van der Waals surface area (Å²) in [5.74, 6) is -0.833. The van der Waals surface area contributed by atoms with Crippen LogP contribution in [0.25, 0.3) is 0 Å². The van der Waals surface area contributed by atoms with Gasteiger partial charge in [0.1, 0.15) is 0 Å². The Hall–Kier alpha value is 0.269. The molecule has 0 amide bonds. The van der Waals surface area contributed by atoms with Gasteiger partial charge < -0.3 is 5.11 Å². The van der Waals surface area contributed by atoms with Gasteiger partial charge in [-0.3, -0.25) is 4.79 Å². The third kappa shape index (κ3) is 4500. The van der Waals surface area contributed by atoms with Crippen LogP contribution in [0.15, 0.2) is 0 Å². The van der Waals surface area contributed by atoms with Gasteiger partial charge in [0.15, 0.2) is 0 Å². The molecule has 0 saturated carbocycles. The van der Waals surface area contributed by atoms with E-state index in [0.29, 0.717) is 0 Å². The molecule has 0 unspecified atom stereocenters. The fourth-order valence-corrected chi connectivity index (χ4v) is 0. The van der Waals surface area contributed by atoms with Crippen molar-refractivity contribution >= 4 is 24.3 Å². The third-order valence-electron chi connectivity index (χ3n) is 0. The average Bonchev–Trinajstić information content (AvgIpc) is 1.19. The second kappa shape index (κ2) is 5.09. The summed E-state index contributed by atoms with van der Waals surface area (Å²) in [4.78, 5) is 18.6. The first kappa shape index (κ1) is 12.0. The first-order chi connectivity index (χ1) is 3.73. The van der Waals surface area contributed by atoms with Crippen LogP contribution in [-0.2, 0) is 4.79 Å². The molecule has 0 aromatic carbocycles. The number of carboxylic acids is 1. The maximum absolute atomic E-state index is 9.00. The minimum atomic E-state index is -1.18. The molecule has 2 nitrogen and oxygen atoms in total. The Bertz CT molecular complexity index is 73.5. The Labute approximate surface area is 61.1 Å². The van der Waals surface area contributed by atoms with E-state index >= 15 is 0 Å². The molecular weight excluding hydrogens is 223 g/mol. The van der Waals surface area contributed by atoms with Crippen molar-refractivity contribution in [3.8, 4) is 0 Å². The second-order valence-corrected chi connectivity index (χ2v) is 20.6. The minimum absolute atomic E-state index is 0.833. The Morgan fingerprint density at radius 1 is 1.22 bits per heavy atom. The first-order valence-electron chi connectivity index (χ1n) is 2.93. The molecular formula is C6H16O2Sn. The number of carboxylic acid groups (broad SMARTS) is 1. The molecule has 0 atom stereocenters. The van der Waals surface area contributed by atoms with Gasteiger partial charge in [0.05, 0.1) is 0 Å². The van der Waals surface area contributed by atoms with Crippen molar-refractivity contribution < 1.29 is 9.90 Å². The van der Waals surface area contributed by atoms with Crippen LogP contribution < -0.4 is 0 Å². The number of hydrogen-bond donors (Lipinski definition) is 1. The molecule has 56 valence electrons. The zero-order chi connectivity index (χ0) is 8.08. The molecule has 9 heavy (non-hydrogen) atoms. The van der Waals surface area contributed by atoms with Gasteiger partial charge in [-0.2, -0.15) is 0 Å². The zero-order valence-electron chi connectivity index (χ0n) is 6.86. The molecule has 0 spiro atoms. The topological polar surface area (TPSA) is 37.3 Å². The van der Waals surface area contributed by atoms with E-state index in [1.165, 1.54) is 0 Å². The third-order valence-corrected chi connectivity index (χ3v) is 0. The molecule has 0 radical (unpaired) electrons. The van der Waals surface area contributed by atoms with Crippen LogP contribution in [0, 0.1) is 0 Å². The zero-order valence-corrected chi connectivity index (χ0v) is 9.71.